The maximum Gasteiger partial charge on any atom is 0.200 e. The Labute approximate surface area is 190 Å². The fourth-order valence-corrected chi connectivity index (χ4v) is 3.41. The van der Waals surface area contributed by atoms with Crippen molar-refractivity contribution < 1.29 is 28.2 Å². The molecule has 3 aromatic carbocycles. The highest BCUT2D eigenvalue weighted by molar-refractivity contribution is 5.97. The van der Waals surface area contributed by atoms with Crippen LogP contribution in [0, 0.1) is 0 Å². The maximum atomic E-state index is 13.1. The first-order valence-electron chi connectivity index (χ1n) is 10.1. The third kappa shape index (κ3) is 4.52. The van der Waals surface area contributed by atoms with E-state index in [9.17, 15) is 9.59 Å². The topological polar surface area (TPSA) is 84.2 Å². The molecule has 0 fully saturated rings. The van der Waals surface area contributed by atoms with Crippen molar-refractivity contribution in [2.24, 2.45) is 0 Å². The van der Waals surface area contributed by atoms with Crippen LogP contribution in [-0.4, -0.2) is 33.7 Å². The molecule has 33 heavy (non-hydrogen) atoms. The molecule has 1 aromatic heterocycles. The lowest BCUT2D eigenvalue weighted by Crippen LogP contribution is -2.11. The van der Waals surface area contributed by atoms with Crippen molar-refractivity contribution in [3.63, 3.8) is 0 Å². The molecule has 0 spiro atoms. The fourth-order valence-electron chi connectivity index (χ4n) is 3.41. The summed E-state index contributed by atoms with van der Waals surface area (Å²) in [6, 6.07) is 16.9. The second-order valence-corrected chi connectivity index (χ2v) is 7.15. The van der Waals surface area contributed by atoms with Crippen LogP contribution in [0.3, 0.4) is 0 Å². The minimum Gasteiger partial charge on any atom is -0.497 e. The zero-order valence-electron chi connectivity index (χ0n) is 18.4. The Kier molecular flexibility index (Phi) is 6.31. The van der Waals surface area contributed by atoms with E-state index in [-0.39, 0.29) is 17.8 Å². The highest BCUT2D eigenvalue weighted by Gasteiger charge is 2.14. The number of benzene rings is 3. The third-order valence-electron chi connectivity index (χ3n) is 5.22. The predicted molar refractivity (Wildman–Crippen MR) is 124 cm³/mol. The first-order valence-corrected chi connectivity index (χ1v) is 10.1. The van der Waals surface area contributed by atoms with Crippen molar-refractivity contribution >= 4 is 16.8 Å². The Balaban J connectivity index is 1.55. The monoisotopic (exact) mass is 446 g/mol. The summed E-state index contributed by atoms with van der Waals surface area (Å²) in [5.41, 5.74) is 1.73. The van der Waals surface area contributed by atoms with Crippen LogP contribution in [-0.2, 0) is 0 Å². The maximum absolute atomic E-state index is 13.1. The number of methoxy groups -OCH3 is 3. The van der Waals surface area contributed by atoms with Gasteiger partial charge in [0.15, 0.2) is 29.3 Å². The Bertz CT molecular complexity index is 1350. The van der Waals surface area contributed by atoms with Crippen LogP contribution in [0.15, 0.2) is 76.1 Å². The van der Waals surface area contributed by atoms with Gasteiger partial charge in [-0.2, -0.15) is 0 Å². The van der Waals surface area contributed by atoms with Crippen LogP contribution in [0.4, 0.5) is 0 Å². The van der Waals surface area contributed by atoms with Crippen molar-refractivity contribution in [3.05, 3.63) is 82.7 Å². The van der Waals surface area contributed by atoms with Gasteiger partial charge in [-0.1, -0.05) is 6.07 Å². The van der Waals surface area contributed by atoms with Crippen LogP contribution in [0.5, 0.6) is 23.0 Å². The second-order valence-electron chi connectivity index (χ2n) is 7.15. The highest BCUT2D eigenvalue weighted by Crippen LogP contribution is 2.32. The summed E-state index contributed by atoms with van der Waals surface area (Å²) >= 11 is 0. The predicted octanol–water partition coefficient (Wildman–Crippen LogP) is 4.75. The van der Waals surface area contributed by atoms with E-state index in [1.54, 1.807) is 74.9 Å². The van der Waals surface area contributed by atoms with Crippen LogP contribution in [0.25, 0.3) is 22.1 Å². The molecule has 0 aliphatic heterocycles. The van der Waals surface area contributed by atoms with Gasteiger partial charge in [0.1, 0.15) is 23.3 Å². The number of hydrogen-bond donors (Lipinski definition) is 0. The zero-order valence-corrected chi connectivity index (χ0v) is 18.4. The highest BCUT2D eigenvalue weighted by atomic mass is 16.5. The van der Waals surface area contributed by atoms with Gasteiger partial charge in [0, 0.05) is 11.6 Å². The van der Waals surface area contributed by atoms with Gasteiger partial charge < -0.3 is 23.4 Å². The Morgan fingerprint density at radius 2 is 1.55 bits per heavy atom. The van der Waals surface area contributed by atoms with Gasteiger partial charge in [-0.3, -0.25) is 9.59 Å². The van der Waals surface area contributed by atoms with Gasteiger partial charge in [0.2, 0.25) is 0 Å². The normalized spacial score (nSPS) is 10.6. The van der Waals surface area contributed by atoms with Crippen LogP contribution < -0.4 is 24.4 Å². The van der Waals surface area contributed by atoms with E-state index >= 15 is 0 Å². The number of carbonyl (C=O) groups excluding carboxylic acids is 1. The average molecular weight is 446 g/mol. The Morgan fingerprint density at radius 1 is 0.818 bits per heavy atom. The molecule has 0 saturated heterocycles. The first kappa shape index (κ1) is 22.0. The molecule has 0 atom stereocenters. The minimum absolute atomic E-state index is 0.147. The molecular formula is C26H22O7. The molecule has 0 radical (unpaired) electrons. The van der Waals surface area contributed by atoms with E-state index in [0.29, 0.717) is 50.7 Å². The van der Waals surface area contributed by atoms with Crippen molar-refractivity contribution in [2.45, 2.75) is 0 Å². The Hall–Kier alpha value is -4.26. The summed E-state index contributed by atoms with van der Waals surface area (Å²) in [5.74, 6) is 2.00. The molecule has 0 aliphatic carbocycles. The number of ketones is 1. The van der Waals surface area contributed by atoms with E-state index in [1.165, 1.54) is 13.4 Å². The molecule has 7 heteroatoms. The van der Waals surface area contributed by atoms with Crippen LogP contribution in [0.1, 0.15) is 10.4 Å². The van der Waals surface area contributed by atoms with E-state index in [2.05, 4.69) is 0 Å². The number of Topliss-reactive ketones (excluding diaryl/α,β-unsaturated/α-hetero) is 1. The molecule has 1 heterocycles. The van der Waals surface area contributed by atoms with E-state index < -0.39 is 0 Å². The van der Waals surface area contributed by atoms with Gasteiger partial charge in [-0.05, 0) is 54.1 Å². The molecular weight excluding hydrogens is 424 g/mol. The molecule has 7 nitrogen and oxygen atoms in total. The summed E-state index contributed by atoms with van der Waals surface area (Å²) in [4.78, 5) is 25.4. The van der Waals surface area contributed by atoms with Crippen molar-refractivity contribution in [1.82, 2.24) is 0 Å². The molecule has 0 saturated carbocycles. The summed E-state index contributed by atoms with van der Waals surface area (Å²) in [7, 11) is 4.65. The van der Waals surface area contributed by atoms with E-state index in [0.717, 1.165) is 0 Å². The smallest absolute Gasteiger partial charge is 0.200 e. The van der Waals surface area contributed by atoms with Crippen LogP contribution in [0.2, 0.25) is 0 Å². The van der Waals surface area contributed by atoms with Crippen molar-refractivity contribution in [3.8, 4) is 34.1 Å². The number of carbonyl (C=O) groups is 1. The molecule has 168 valence electrons. The number of fused-ring (bicyclic) bond motifs is 1. The quantitative estimate of drug-likeness (QED) is 0.361. The Morgan fingerprint density at radius 3 is 2.24 bits per heavy atom. The van der Waals surface area contributed by atoms with E-state index in [1.807, 2.05) is 0 Å². The molecule has 0 bridgehead atoms. The molecule has 0 amide bonds. The second kappa shape index (κ2) is 9.48. The zero-order chi connectivity index (χ0) is 23.4. The summed E-state index contributed by atoms with van der Waals surface area (Å²) in [6.07, 6.45) is 1.40. The molecule has 0 aliphatic rings. The summed E-state index contributed by atoms with van der Waals surface area (Å²) in [6.45, 7) is -0.147. The van der Waals surface area contributed by atoms with Crippen molar-refractivity contribution in [1.29, 1.82) is 0 Å². The number of hydrogen-bond acceptors (Lipinski definition) is 7. The standard InChI is InChI=1S/C26H22O7/c1-29-18-7-4-16(5-8-18)22(27)15-32-19-9-10-20-24(13-19)33-14-21(26(20)28)17-6-11-23(30-2)25(12-17)31-3/h4-14H,15H2,1-3H3. The van der Waals surface area contributed by atoms with Gasteiger partial charge in [-0.15, -0.1) is 0 Å². The third-order valence-corrected chi connectivity index (χ3v) is 5.22. The summed E-state index contributed by atoms with van der Waals surface area (Å²) in [5, 5.41) is 0.399. The SMILES string of the molecule is COc1ccc(C(=O)COc2ccc3c(=O)c(-c4ccc(OC)c(OC)c4)coc3c2)cc1. The minimum atomic E-state index is -0.190. The van der Waals surface area contributed by atoms with Gasteiger partial charge in [0.05, 0.1) is 32.3 Å². The number of rotatable bonds is 8. The molecule has 4 aromatic rings. The molecule has 0 N–H and O–H groups in total. The summed E-state index contributed by atoms with van der Waals surface area (Å²) < 4.78 is 27.0. The number of ether oxygens (including phenoxy) is 4. The lowest BCUT2D eigenvalue weighted by atomic mass is 10.0. The lowest BCUT2D eigenvalue weighted by molar-refractivity contribution is 0.0921. The van der Waals surface area contributed by atoms with Gasteiger partial charge in [0.25, 0.3) is 0 Å². The van der Waals surface area contributed by atoms with E-state index in [4.69, 9.17) is 23.4 Å². The molecule has 0 unspecified atom stereocenters. The largest absolute Gasteiger partial charge is 0.497 e. The van der Waals surface area contributed by atoms with Gasteiger partial charge in [-0.25, -0.2) is 0 Å². The molecule has 4 rings (SSSR count). The lowest BCUT2D eigenvalue weighted by Gasteiger charge is -2.10. The fraction of sp³-hybridized carbons (Fsp3) is 0.154. The van der Waals surface area contributed by atoms with Crippen LogP contribution >= 0.6 is 0 Å². The average Bonchev–Trinajstić information content (AvgIpc) is 2.87. The van der Waals surface area contributed by atoms with Crippen molar-refractivity contribution in [2.75, 3.05) is 27.9 Å². The van der Waals surface area contributed by atoms with Gasteiger partial charge >= 0.3 is 0 Å². The first-order chi connectivity index (χ1) is 16.0.